The molecule has 1 aliphatic rings. The molecule has 0 aliphatic carbocycles. The van der Waals surface area contributed by atoms with Gasteiger partial charge in [-0.3, -0.25) is 4.90 Å². The van der Waals surface area contributed by atoms with Gasteiger partial charge >= 0.3 is 0 Å². The number of nitrogens with zero attached hydrogens (tertiary/aromatic N) is 1. The topological polar surface area (TPSA) is 44.7 Å². The summed E-state index contributed by atoms with van der Waals surface area (Å²) < 4.78 is 5.57. The number of aliphatic hydroxyl groups is 1. The zero-order valence-electron chi connectivity index (χ0n) is 8.33. The molecule has 0 aromatic rings. The number of nitrogens with one attached hydrogen (secondary N) is 1. The molecule has 1 aliphatic heterocycles. The maximum Gasteiger partial charge on any atom is 0.0826 e. The smallest absolute Gasteiger partial charge is 0.0826 e. The summed E-state index contributed by atoms with van der Waals surface area (Å²) in [5, 5.41) is 11.7. The Bertz CT molecular complexity index is 133. The molecule has 0 saturated carbocycles. The van der Waals surface area contributed by atoms with Crippen molar-refractivity contribution in [1.82, 2.24) is 10.2 Å². The molecule has 4 nitrogen and oxygen atoms in total. The normalized spacial score (nSPS) is 24.9. The summed E-state index contributed by atoms with van der Waals surface area (Å²) in [6.45, 7) is 7.86. The van der Waals surface area contributed by atoms with Crippen molar-refractivity contribution in [2.75, 3.05) is 45.9 Å². The number of hydrogen-bond acceptors (Lipinski definition) is 4. The van der Waals surface area contributed by atoms with Gasteiger partial charge in [0.05, 0.1) is 19.3 Å². The number of morpholine rings is 1. The fourth-order valence-corrected chi connectivity index (χ4v) is 1.53. The fourth-order valence-electron chi connectivity index (χ4n) is 1.53. The number of aliphatic hydroxyl groups excluding tert-OH is 1. The molecule has 0 aromatic heterocycles. The van der Waals surface area contributed by atoms with Gasteiger partial charge < -0.3 is 15.2 Å². The van der Waals surface area contributed by atoms with Gasteiger partial charge in [0.1, 0.15) is 0 Å². The molecular formula is C9H20N2O2. The number of likely N-dealkylation sites (N-methyl/N-ethyl adjacent to an activating group) is 1. The lowest BCUT2D eigenvalue weighted by Crippen LogP contribution is -2.46. The molecule has 4 heteroatoms. The van der Waals surface area contributed by atoms with Crippen LogP contribution in [0.2, 0.25) is 0 Å². The Morgan fingerprint density at radius 1 is 1.62 bits per heavy atom. The SMILES string of the molecule is CCN1CCOC(CNCCO)C1. The maximum atomic E-state index is 8.58. The zero-order valence-corrected chi connectivity index (χ0v) is 8.33. The highest BCUT2D eigenvalue weighted by Gasteiger charge is 2.18. The first-order valence-electron chi connectivity index (χ1n) is 5.02. The molecular weight excluding hydrogens is 168 g/mol. The van der Waals surface area contributed by atoms with E-state index in [0.29, 0.717) is 12.6 Å². The van der Waals surface area contributed by atoms with Crippen LogP contribution in [0.5, 0.6) is 0 Å². The molecule has 1 fully saturated rings. The highest BCUT2D eigenvalue weighted by atomic mass is 16.5. The fraction of sp³-hybridized carbons (Fsp3) is 1.00. The lowest BCUT2D eigenvalue weighted by Gasteiger charge is -2.32. The zero-order chi connectivity index (χ0) is 9.52. The quantitative estimate of drug-likeness (QED) is 0.559. The van der Waals surface area contributed by atoms with E-state index in [0.717, 1.165) is 32.8 Å². The largest absolute Gasteiger partial charge is 0.395 e. The van der Waals surface area contributed by atoms with Gasteiger partial charge in [0.15, 0.2) is 0 Å². The number of ether oxygens (including phenoxy) is 1. The van der Waals surface area contributed by atoms with Gasteiger partial charge in [0.2, 0.25) is 0 Å². The Morgan fingerprint density at radius 3 is 3.15 bits per heavy atom. The molecule has 0 spiro atoms. The molecule has 0 radical (unpaired) electrons. The molecule has 0 bridgehead atoms. The van der Waals surface area contributed by atoms with Gasteiger partial charge in [-0.25, -0.2) is 0 Å². The van der Waals surface area contributed by atoms with Gasteiger partial charge in [0, 0.05) is 26.2 Å². The minimum absolute atomic E-state index is 0.199. The van der Waals surface area contributed by atoms with E-state index in [1.165, 1.54) is 0 Å². The van der Waals surface area contributed by atoms with E-state index in [-0.39, 0.29) is 6.61 Å². The van der Waals surface area contributed by atoms with E-state index in [4.69, 9.17) is 9.84 Å². The molecule has 1 atom stereocenters. The third kappa shape index (κ3) is 4.04. The highest BCUT2D eigenvalue weighted by molar-refractivity contribution is 4.72. The van der Waals surface area contributed by atoms with Crippen LogP contribution in [-0.4, -0.2) is 62.0 Å². The molecule has 78 valence electrons. The third-order valence-electron chi connectivity index (χ3n) is 2.33. The molecule has 2 N–H and O–H groups in total. The van der Waals surface area contributed by atoms with Crippen LogP contribution in [0.1, 0.15) is 6.92 Å². The van der Waals surface area contributed by atoms with Crippen LogP contribution in [0.3, 0.4) is 0 Å². The van der Waals surface area contributed by atoms with Crippen molar-refractivity contribution in [1.29, 1.82) is 0 Å². The molecule has 1 unspecified atom stereocenters. The van der Waals surface area contributed by atoms with Crippen molar-refractivity contribution in [2.45, 2.75) is 13.0 Å². The lowest BCUT2D eigenvalue weighted by molar-refractivity contribution is -0.0254. The van der Waals surface area contributed by atoms with Crippen LogP contribution in [0.25, 0.3) is 0 Å². The summed E-state index contributed by atoms with van der Waals surface area (Å²) in [7, 11) is 0. The highest BCUT2D eigenvalue weighted by Crippen LogP contribution is 2.03. The van der Waals surface area contributed by atoms with Crippen LogP contribution in [0.15, 0.2) is 0 Å². The lowest BCUT2D eigenvalue weighted by atomic mass is 10.2. The first-order valence-corrected chi connectivity index (χ1v) is 5.02. The van der Waals surface area contributed by atoms with Crippen LogP contribution < -0.4 is 5.32 Å². The van der Waals surface area contributed by atoms with Crippen LogP contribution >= 0.6 is 0 Å². The van der Waals surface area contributed by atoms with E-state index >= 15 is 0 Å². The van der Waals surface area contributed by atoms with Crippen LogP contribution in [0, 0.1) is 0 Å². The van der Waals surface area contributed by atoms with Gasteiger partial charge in [-0.1, -0.05) is 6.92 Å². The van der Waals surface area contributed by atoms with Crippen molar-refractivity contribution in [3.05, 3.63) is 0 Å². The monoisotopic (exact) mass is 188 g/mol. The Morgan fingerprint density at radius 2 is 2.46 bits per heavy atom. The summed E-state index contributed by atoms with van der Waals surface area (Å²) >= 11 is 0. The van der Waals surface area contributed by atoms with Gasteiger partial charge in [-0.05, 0) is 6.54 Å². The van der Waals surface area contributed by atoms with E-state index in [1.807, 2.05) is 0 Å². The van der Waals surface area contributed by atoms with Crippen LogP contribution in [0.4, 0.5) is 0 Å². The standard InChI is InChI=1S/C9H20N2O2/c1-2-11-4-6-13-9(8-11)7-10-3-5-12/h9-10,12H,2-8H2,1H3. The van der Waals surface area contributed by atoms with Crippen LogP contribution in [-0.2, 0) is 4.74 Å². The summed E-state index contributed by atoms with van der Waals surface area (Å²) in [4.78, 5) is 2.38. The second-order valence-corrected chi connectivity index (χ2v) is 3.31. The van der Waals surface area contributed by atoms with Crippen molar-refractivity contribution in [3.8, 4) is 0 Å². The van der Waals surface area contributed by atoms with E-state index in [9.17, 15) is 0 Å². The molecule has 1 heterocycles. The Labute approximate surface area is 79.9 Å². The molecule has 0 amide bonds. The van der Waals surface area contributed by atoms with E-state index in [2.05, 4.69) is 17.1 Å². The molecule has 1 rings (SSSR count). The Kier molecular flexibility index (Phi) is 5.31. The first kappa shape index (κ1) is 10.9. The molecule has 0 aromatic carbocycles. The number of hydrogen-bond donors (Lipinski definition) is 2. The minimum atomic E-state index is 0.199. The maximum absolute atomic E-state index is 8.58. The van der Waals surface area contributed by atoms with Crippen molar-refractivity contribution in [3.63, 3.8) is 0 Å². The summed E-state index contributed by atoms with van der Waals surface area (Å²) in [6.07, 6.45) is 0.292. The second kappa shape index (κ2) is 6.32. The summed E-state index contributed by atoms with van der Waals surface area (Å²) in [5.41, 5.74) is 0. The third-order valence-corrected chi connectivity index (χ3v) is 2.33. The minimum Gasteiger partial charge on any atom is -0.395 e. The predicted molar refractivity (Wildman–Crippen MR) is 51.8 cm³/mol. The van der Waals surface area contributed by atoms with E-state index < -0.39 is 0 Å². The van der Waals surface area contributed by atoms with E-state index in [1.54, 1.807) is 0 Å². The molecule has 1 saturated heterocycles. The summed E-state index contributed by atoms with van der Waals surface area (Å²) in [6, 6.07) is 0. The average Bonchev–Trinajstić information content (AvgIpc) is 2.19. The Balaban J connectivity index is 2.11. The van der Waals surface area contributed by atoms with Crippen molar-refractivity contribution in [2.24, 2.45) is 0 Å². The number of rotatable bonds is 5. The first-order chi connectivity index (χ1) is 6.36. The average molecular weight is 188 g/mol. The molecule has 13 heavy (non-hydrogen) atoms. The van der Waals surface area contributed by atoms with Crippen molar-refractivity contribution < 1.29 is 9.84 Å². The second-order valence-electron chi connectivity index (χ2n) is 3.31. The summed E-state index contributed by atoms with van der Waals surface area (Å²) in [5.74, 6) is 0. The van der Waals surface area contributed by atoms with Gasteiger partial charge in [-0.15, -0.1) is 0 Å². The van der Waals surface area contributed by atoms with Crippen molar-refractivity contribution >= 4 is 0 Å². The predicted octanol–water partition coefficient (Wildman–Crippen LogP) is -0.711. The Hall–Kier alpha value is -0.160. The van der Waals surface area contributed by atoms with Gasteiger partial charge in [0.25, 0.3) is 0 Å². The van der Waals surface area contributed by atoms with Gasteiger partial charge in [-0.2, -0.15) is 0 Å².